The zero-order chi connectivity index (χ0) is 14.5. The van der Waals surface area contributed by atoms with Gasteiger partial charge in [0.1, 0.15) is 5.82 Å². The van der Waals surface area contributed by atoms with Gasteiger partial charge in [-0.25, -0.2) is 4.39 Å². The Morgan fingerprint density at radius 3 is 2.45 bits per heavy atom. The predicted octanol–water partition coefficient (Wildman–Crippen LogP) is 1.47. The lowest BCUT2D eigenvalue weighted by Crippen LogP contribution is -2.51. The van der Waals surface area contributed by atoms with Gasteiger partial charge in [0.25, 0.3) is 5.91 Å². The van der Waals surface area contributed by atoms with Crippen molar-refractivity contribution < 1.29 is 14.0 Å². The third-order valence-electron chi connectivity index (χ3n) is 3.26. The average molecular weight is 296 g/mol. The lowest BCUT2D eigenvalue weighted by molar-refractivity contribution is -0.129. The first-order chi connectivity index (χ1) is 9.61. The molecule has 0 unspecified atom stereocenters. The van der Waals surface area contributed by atoms with Crippen molar-refractivity contribution in [3.8, 4) is 0 Å². The molecule has 0 N–H and O–H groups in total. The van der Waals surface area contributed by atoms with Crippen molar-refractivity contribution in [2.45, 2.75) is 0 Å². The first-order valence-electron chi connectivity index (χ1n) is 6.43. The molecule has 0 radical (unpaired) electrons. The van der Waals surface area contributed by atoms with Crippen LogP contribution < -0.4 is 0 Å². The third-order valence-corrected chi connectivity index (χ3v) is 3.79. The van der Waals surface area contributed by atoms with Crippen LogP contribution in [0.5, 0.6) is 0 Å². The second kappa shape index (κ2) is 6.74. The SMILES string of the molecule is CSCC(=O)N1CCN(C(=O)c2cccc(F)c2)CC1. The molecular formula is C14H17FN2O2S. The number of carbonyl (C=O) groups excluding carboxylic acids is 2. The van der Waals surface area contributed by atoms with Crippen LogP contribution in [-0.4, -0.2) is 59.8 Å². The summed E-state index contributed by atoms with van der Waals surface area (Å²) in [6, 6.07) is 5.70. The van der Waals surface area contributed by atoms with E-state index < -0.39 is 5.82 Å². The standard InChI is InChI=1S/C14H17FN2O2S/c1-20-10-13(18)16-5-7-17(8-6-16)14(19)11-3-2-4-12(15)9-11/h2-4,9H,5-8,10H2,1H3. The van der Waals surface area contributed by atoms with E-state index in [1.807, 2.05) is 6.26 Å². The van der Waals surface area contributed by atoms with Crippen molar-refractivity contribution in [1.29, 1.82) is 0 Å². The highest BCUT2D eigenvalue weighted by atomic mass is 32.2. The number of thioether (sulfide) groups is 1. The molecule has 2 amide bonds. The van der Waals surface area contributed by atoms with Crippen LogP contribution in [0.4, 0.5) is 4.39 Å². The van der Waals surface area contributed by atoms with Gasteiger partial charge in [0, 0.05) is 31.7 Å². The number of benzene rings is 1. The zero-order valence-electron chi connectivity index (χ0n) is 11.3. The van der Waals surface area contributed by atoms with Crippen molar-refractivity contribution >= 4 is 23.6 Å². The van der Waals surface area contributed by atoms with E-state index in [1.54, 1.807) is 15.9 Å². The zero-order valence-corrected chi connectivity index (χ0v) is 12.2. The fourth-order valence-corrected chi connectivity index (χ4v) is 2.61. The predicted molar refractivity (Wildman–Crippen MR) is 77.3 cm³/mol. The minimum absolute atomic E-state index is 0.107. The molecule has 0 bridgehead atoms. The van der Waals surface area contributed by atoms with Crippen LogP contribution in [0, 0.1) is 5.82 Å². The van der Waals surface area contributed by atoms with Crippen LogP contribution in [0.15, 0.2) is 24.3 Å². The molecule has 1 aliphatic heterocycles. The van der Waals surface area contributed by atoms with Crippen molar-refractivity contribution in [2.75, 3.05) is 38.2 Å². The van der Waals surface area contributed by atoms with Gasteiger partial charge in [0.05, 0.1) is 5.75 Å². The number of piperazine rings is 1. The van der Waals surface area contributed by atoms with Gasteiger partial charge in [0.2, 0.25) is 5.91 Å². The second-order valence-electron chi connectivity index (χ2n) is 4.62. The molecule has 20 heavy (non-hydrogen) atoms. The molecular weight excluding hydrogens is 279 g/mol. The lowest BCUT2D eigenvalue weighted by atomic mass is 10.1. The van der Waals surface area contributed by atoms with Crippen LogP contribution in [0.2, 0.25) is 0 Å². The Morgan fingerprint density at radius 2 is 1.85 bits per heavy atom. The molecule has 6 heteroatoms. The quantitative estimate of drug-likeness (QED) is 0.848. The van der Waals surface area contributed by atoms with E-state index in [-0.39, 0.29) is 11.8 Å². The highest BCUT2D eigenvalue weighted by Gasteiger charge is 2.24. The monoisotopic (exact) mass is 296 g/mol. The van der Waals surface area contributed by atoms with Gasteiger partial charge in [0.15, 0.2) is 0 Å². The van der Waals surface area contributed by atoms with Gasteiger partial charge < -0.3 is 9.80 Å². The summed E-state index contributed by atoms with van der Waals surface area (Å²) in [5.41, 5.74) is 0.355. The highest BCUT2D eigenvalue weighted by molar-refractivity contribution is 7.99. The number of hydrogen-bond donors (Lipinski definition) is 0. The molecule has 0 saturated carbocycles. The van der Waals surface area contributed by atoms with Crippen molar-refractivity contribution in [1.82, 2.24) is 9.80 Å². The Bertz CT molecular complexity index is 502. The Kier molecular flexibility index (Phi) is 5.00. The molecule has 108 valence electrons. The van der Waals surface area contributed by atoms with E-state index in [4.69, 9.17) is 0 Å². The summed E-state index contributed by atoms with van der Waals surface area (Å²) in [4.78, 5) is 27.4. The van der Waals surface area contributed by atoms with Crippen LogP contribution in [-0.2, 0) is 4.79 Å². The first-order valence-corrected chi connectivity index (χ1v) is 7.83. The van der Waals surface area contributed by atoms with Crippen molar-refractivity contribution in [2.24, 2.45) is 0 Å². The summed E-state index contributed by atoms with van der Waals surface area (Å²) >= 11 is 1.50. The summed E-state index contributed by atoms with van der Waals surface area (Å²) in [6.45, 7) is 2.08. The molecule has 1 aliphatic rings. The van der Waals surface area contributed by atoms with Gasteiger partial charge in [-0.05, 0) is 24.5 Å². The second-order valence-corrected chi connectivity index (χ2v) is 5.48. The average Bonchev–Trinajstić information content (AvgIpc) is 2.47. The fourth-order valence-electron chi connectivity index (χ4n) is 2.18. The maximum Gasteiger partial charge on any atom is 0.254 e. The molecule has 1 saturated heterocycles. The summed E-state index contributed by atoms with van der Waals surface area (Å²) in [6.07, 6.45) is 1.89. The maximum atomic E-state index is 13.1. The highest BCUT2D eigenvalue weighted by Crippen LogP contribution is 2.11. The Balaban J connectivity index is 1.93. The van der Waals surface area contributed by atoms with Crippen LogP contribution >= 0.6 is 11.8 Å². The fraction of sp³-hybridized carbons (Fsp3) is 0.429. The van der Waals surface area contributed by atoms with Gasteiger partial charge in [-0.3, -0.25) is 9.59 Å². The molecule has 1 fully saturated rings. The number of carbonyl (C=O) groups is 2. The largest absolute Gasteiger partial charge is 0.338 e. The minimum Gasteiger partial charge on any atom is -0.338 e. The molecule has 0 atom stereocenters. The first kappa shape index (κ1) is 14.8. The maximum absolute atomic E-state index is 13.1. The Hall–Kier alpha value is -1.56. The Morgan fingerprint density at radius 1 is 1.20 bits per heavy atom. The molecule has 1 heterocycles. The topological polar surface area (TPSA) is 40.6 Å². The molecule has 0 aromatic heterocycles. The number of nitrogens with zero attached hydrogens (tertiary/aromatic N) is 2. The summed E-state index contributed by atoms with van der Waals surface area (Å²) in [5, 5.41) is 0. The molecule has 0 aliphatic carbocycles. The van der Waals surface area contributed by atoms with Gasteiger partial charge in [-0.2, -0.15) is 11.8 Å². The van der Waals surface area contributed by atoms with Gasteiger partial charge in [-0.1, -0.05) is 6.07 Å². The van der Waals surface area contributed by atoms with Crippen LogP contribution in [0.3, 0.4) is 0 Å². The molecule has 1 aromatic carbocycles. The lowest BCUT2D eigenvalue weighted by Gasteiger charge is -2.34. The summed E-state index contributed by atoms with van der Waals surface area (Å²) < 4.78 is 13.1. The van der Waals surface area contributed by atoms with Crippen molar-refractivity contribution in [3.05, 3.63) is 35.6 Å². The molecule has 0 spiro atoms. The van der Waals surface area contributed by atoms with Gasteiger partial charge >= 0.3 is 0 Å². The van der Waals surface area contributed by atoms with Gasteiger partial charge in [-0.15, -0.1) is 0 Å². The summed E-state index contributed by atoms with van der Waals surface area (Å²) in [7, 11) is 0. The Labute approximate surface area is 121 Å². The smallest absolute Gasteiger partial charge is 0.254 e. The number of halogens is 1. The van der Waals surface area contributed by atoms with E-state index in [2.05, 4.69) is 0 Å². The third kappa shape index (κ3) is 3.50. The number of rotatable bonds is 3. The van der Waals surface area contributed by atoms with E-state index >= 15 is 0 Å². The van der Waals surface area contributed by atoms with E-state index in [0.717, 1.165) is 0 Å². The summed E-state index contributed by atoms with van der Waals surface area (Å²) in [5.74, 6) is -0.0147. The van der Waals surface area contributed by atoms with E-state index in [0.29, 0.717) is 37.5 Å². The minimum atomic E-state index is -0.412. The van der Waals surface area contributed by atoms with Crippen LogP contribution in [0.25, 0.3) is 0 Å². The number of hydrogen-bond acceptors (Lipinski definition) is 3. The number of amides is 2. The molecule has 1 aromatic rings. The van der Waals surface area contributed by atoms with Crippen LogP contribution in [0.1, 0.15) is 10.4 Å². The molecule has 4 nitrogen and oxygen atoms in total. The van der Waals surface area contributed by atoms with Crippen molar-refractivity contribution in [3.63, 3.8) is 0 Å². The molecule has 2 rings (SSSR count). The van der Waals surface area contributed by atoms with E-state index in [9.17, 15) is 14.0 Å². The normalized spacial score (nSPS) is 15.3. The van der Waals surface area contributed by atoms with E-state index in [1.165, 1.54) is 30.0 Å².